The van der Waals surface area contributed by atoms with Crippen LogP contribution in [0.15, 0.2) is 47.4 Å². The molecule has 3 rings (SSSR count). The van der Waals surface area contributed by atoms with E-state index in [0.29, 0.717) is 36.7 Å². The lowest BCUT2D eigenvalue weighted by atomic mass is 10.1. The van der Waals surface area contributed by atoms with Crippen LogP contribution in [-0.4, -0.2) is 32.8 Å². The van der Waals surface area contributed by atoms with Crippen molar-refractivity contribution >= 4 is 10.1 Å². The van der Waals surface area contributed by atoms with E-state index in [4.69, 9.17) is 18.8 Å². The Kier molecular flexibility index (Phi) is 4.64. The van der Waals surface area contributed by atoms with Crippen molar-refractivity contribution in [3.63, 3.8) is 0 Å². The van der Waals surface area contributed by atoms with Crippen molar-refractivity contribution in [2.75, 3.05) is 13.7 Å². The second-order valence-corrected chi connectivity index (χ2v) is 6.92. The van der Waals surface area contributed by atoms with Gasteiger partial charge in [-0.25, -0.2) is 0 Å². The number of rotatable bonds is 5. The second-order valence-electron chi connectivity index (χ2n) is 5.50. The third-order valence-electron chi connectivity index (χ3n) is 3.85. The van der Waals surface area contributed by atoms with Gasteiger partial charge in [0.15, 0.2) is 11.5 Å². The lowest BCUT2D eigenvalue weighted by molar-refractivity contribution is 0.0812. The Morgan fingerprint density at radius 1 is 1.21 bits per heavy atom. The van der Waals surface area contributed by atoms with E-state index in [-0.39, 0.29) is 11.0 Å². The monoisotopic (exact) mass is 350 g/mol. The van der Waals surface area contributed by atoms with E-state index in [9.17, 15) is 8.42 Å². The molecule has 0 spiro atoms. The van der Waals surface area contributed by atoms with Gasteiger partial charge in [-0.05, 0) is 42.7 Å². The maximum Gasteiger partial charge on any atom is 0.294 e. The van der Waals surface area contributed by atoms with Gasteiger partial charge in [-0.3, -0.25) is 4.55 Å². The number of para-hydroxylation sites is 1. The molecule has 1 heterocycles. The molecule has 2 aromatic rings. The number of ether oxygens (including phenoxy) is 3. The van der Waals surface area contributed by atoms with Crippen LogP contribution in [0.1, 0.15) is 12.0 Å². The molecule has 1 aliphatic heterocycles. The average Bonchev–Trinajstić information content (AvgIpc) is 2.59. The molecule has 0 bridgehead atoms. The van der Waals surface area contributed by atoms with Crippen LogP contribution in [0.4, 0.5) is 0 Å². The van der Waals surface area contributed by atoms with Gasteiger partial charge in [0.25, 0.3) is 10.1 Å². The van der Waals surface area contributed by atoms with Crippen LogP contribution >= 0.6 is 0 Å². The van der Waals surface area contributed by atoms with Crippen molar-refractivity contribution in [2.45, 2.75) is 23.8 Å². The number of aryl methyl sites for hydroxylation is 1. The fraction of sp³-hybridized carbons (Fsp3) is 0.294. The molecule has 24 heavy (non-hydrogen) atoms. The minimum Gasteiger partial charge on any atom is -0.493 e. The predicted octanol–water partition coefficient (Wildman–Crippen LogP) is 2.71. The van der Waals surface area contributed by atoms with E-state index in [1.54, 1.807) is 19.2 Å². The standard InChI is InChI=1S/C17H18O6S/c1-21-15-3-2-4-16-17(15)23-13(11-22-16)8-5-12-6-9-14(10-7-12)24(18,19)20/h2-4,6-7,9-10,13H,5,8,11H2,1H3,(H,18,19,20). The highest BCUT2D eigenvalue weighted by molar-refractivity contribution is 7.85. The maximum absolute atomic E-state index is 11.0. The normalized spacial score (nSPS) is 16.7. The zero-order chi connectivity index (χ0) is 17.2. The fourth-order valence-electron chi connectivity index (χ4n) is 2.57. The molecule has 0 aliphatic carbocycles. The van der Waals surface area contributed by atoms with Crippen LogP contribution in [-0.2, 0) is 16.5 Å². The molecule has 0 radical (unpaired) electrons. The van der Waals surface area contributed by atoms with E-state index in [1.165, 1.54) is 12.1 Å². The molecule has 0 aromatic heterocycles. The maximum atomic E-state index is 11.0. The van der Waals surface area contributed by atoms with Gasteiger partial charge in [0.05, 0.1) is 12.0 Å². The number of hydrogen-bond donors (Lipinski definition) is 1. The highest BCUT2D eigenvalue weighted by Gasteiger charge is 2.24. The van der Waals surface area contributed by atoms with Gasteiger partial charge in [0, 0.05) is 0 Å². The molecule has 1 atom stereocenters. The number of methoxy groups -OCH3 is 1. The van der Waals surface area contributed by atoms with Crippen molar-refractivity contribution in [3.05, 3.63) is 48.0 Å². The molecule has 6 nitrogen and oxygen atoms in total. The molecule has 1 aliphatic rings. The lowest BCUT2D eigenvalue weighted by Gasteiger charge is -2.27. The summed E-state index contributed by atoms with van der Waals surface area (Å²) in [6, 6.07) is 11.6. The smallest absolute Gasteiger partial charge is 0.294 e. The highest BCUT2D eigenvalue weighted by Crippen LogP contribution is 2.40. The van der Waals surface area contributed by atoms with Crippen molar-refractivity contribution in [3.8, 4) is 17.2 Å². The number of benzene rings is 2. The summed E-state index contributed by atoms with van der Waals surface area (Å²) in [5.74, 6) is 1.91. The second kappa shape index (κ2) is 6.70. The molecule has 1 unspecified atom stereocenters. The van der Waals surface area contributed by atoms with Gasteiger partial charge in [-0.1, -0.05) is 18.2 Å². The van der Waals surface area contributed by atoms with Crippen LogP contribution in [0.5, 0.6) is 17.2 Å². The average molecular weight is 350 g/mol. The predicted molar refractivity (Wildman–Crippen MR) is 87.5 cm³/mol. The summed E-state index contributed by atoms with van der Waals surface area (Å²) >= 11 is 0. The topological polar surface area (TPSA) is 82.1 Å². The first-order valence-corrected chi connectivity index (χ1v) is 8.94. The van der Waals surface area contributed by atoms with Gasteiger partial charge in [0.1, 0.15) is 12.7 Å². The van der Waals surface area contributed by atoms with Gasteiger partial charge < -0.3 is 14.2 Å². The Balaban J connectivity index is 1.64. The Morgan fingerprint density at radius 3 is 2.62 bits per heavy atom. The van der Waals surface area contributed by atoms with E-state index in [0.717, 1.165) is 5.56 Å². The molecule has 0 saturated carbocycles. The third-order valence-corrected chi connectivity index (χ3v) is 4.72. The van der Waals surface area contributed by atoms with E-state index >= 15 is 0 Å². The van der Waals surface area contributed by atoms with Gasteiger partial charge in [-0.2, -0.15) is 8.42 Å². The van der Waals surface area contributed by atoms with Gasteiger partial charge in [-0.15, -0.1) is 0 Å². The fourth-order valence-corrected chi connectivity index (χ4v) is 3.05. The SMILES string of the molecule is COc1cccc2c1OC(CCc1ccc(S(=O)(=O)O)cc1)CO2. The van der Waals surface area contributed by atoms with Gasteiger partial charge >= 0.3 is 0 Å². The van der Waals surface area contributed by atoms with E-state index in [2.05, 4.69) is 0 Å². The summed E-state index contributed by atoms with van der Waals surface area (Å²) < 4.78 is 48.0. The van der Waals surface area contributed by atoms with Crippen LogP contribution in [0.25, 0.3) is 0 Å². The Bertz CT molecular complexity index is 799. The van der Waals surface area contributed by atoms with Crippen LogP contribution in [0.3, 0.4) is 0 Å². The summed E-state index contributed by atoms with van der Waals surface area (Å²) in [4.78, 5) is -0.109. The molecular weight excluding hydrogens is 332 g/mol. The molecule has 128 valence electrons. The zero-order valence-corrected chi connectivity index (χ0v) is 14.0. The summed E-state index contributed by atoms with van der Waals surface area (Å²) in [6.45, 7) is 0.448. The lowest BCUT2D eigenvalue weighted by Crippen LogP contribution is -2.29. The van der Waals surface area contributed by atoms with Crippen molar-refractivity contribution < 1.29 is 27.2 Å². The molecule has 7 heteroatoms. The minimum atomic E-state index is -4.15. The molecule has 2 aromatic carbocycles. The summed E-state index contributed by atoms with van der Waals surface area (Å²) in [5.41, 5.74) is 0.955. The highest BCUT2D eigenvalue weighted by atomic mass is 32.2. The Labute approximate surface area is 140 Å². The van der Waals surface area contributed by atoms with E-state index < -0.39 is 10.1 Å². The number of hydrogen-bond acceptors (Lipinski definition) is 5. The molecule has 0 amide bonds. The van der Waals surface area contributed by atoms with Crippen molar-refractivity contribution in [1.29, 1.82) is 0 Å². The first-order chi connectivity index (χ1) is 11.5. The minimum absolute atomic E-state index is 0.109. The Morgan fingerprint density at radius 2 is 1.96 bits per heavy atom. The van der Waals surface area contributed by atoms with Crippen molar-refractivity contribution in [2.24, 2.45) is 0 Å². The first kappa shape index (κ1) is 16.6. The summed E-state index contributed by atoms with van der Waals surface area (Å²) in [6.07, 6.45) is 1.29. The number of fused-ring (bicyclic) bond motifs is 1. The largest absolute Gasteiger partial charge is 0.493 e. The van der Waals surface area contributed by atoms with Crippen LogP contribution in [0, 0.1) is 0 Å². The third kappa shape index (κ3) is 3.63. The molecule has 1 N–H and O–H groups in total. The quantitative estimate of drug-likeness (QED) is 0.835. The summed E-state index contributed by atoms with van der Waals surface area (Å²) in [5, 5.41) is 0. The van der Waals surface area contributed by atoms with Gasteiger partial charge in [0.2, 0.25) is 5.75 Å². The van der Waals surface area contributed by atoms with Crippen LogP contribution < -0.4 is 14.2 Å². The van der Waals surface area contributed by atoms with Crippen molar-refractivity contribution in [1.82, 2.24) is 0 Å². The van der Waals surface area contributed by atoms with Crippen LogP contribution in [0.2, 0.25) is 0 Å². The Hall–Kier alpha value is -2.25. The summed E-state index contributed by atoms with van der Waals surface area (Å²) in [7, 11) is -2.57. The first-order valence-electron chi connectivity index (χ1n) is 7.50. The zero-order valence-electron chi connectivity index (χ0n) is 13.1. The molecule has 0 saturated heterocycles. The van der Waals surface area contributed by atoms with E-state index in [1.807, 2.05) is 18.2 Å². The molecular formula is C17H18O6S. The molecule has 0 fully saturated rings.